The van der Waals surface area contributed by atoms with Gasteiger partial charge < -0.3 is 4.74 Å². The topological polar surface area (TPSA) is 9.23 Å². The zero-order valence-corrected chi connectivity index (χ0v) is 14.5. The number of hydrogen-bond donors (Lipinski definition) is 0. The average molecular weight is 348 g/mol. The van der Waals surface area contributed by atoms with Gasteiger partial charge in [-0.2, -0.15) is 0 Å². The molecule has 0 spiro atoms. The van der Waals surface area contributed by atoms with Crippen molar-refractivity contribution in [3.63, 3.8) is 0 Å². The van der Waals surface area contributed by atoms with E-state index in [2.05, 4.69) is 41.9 Å². The third-order valence-electron chi connectivity index (χ3n) is 3.91. The van der Waals surface area contributed by atoms with Crippen molar-refractivity contribution >= 4 is 27.5 Å². The van der Waals surface area contributed by atoms with Crippen LogP contribution in [0, 0.1) is 5.41 Å². The quantitative estimate of drug-likeness (QED) is 0.538. The van der Waals surface area contributed by atoms with E-state index in [1.165, 1.54) is 24.8 Å². The average Bonchev–Trinajstić information content (AvgIpc) is 2.45. The summed E-state index contributed by atoms with van der Waals surface area (Å²) in [4.78, 5) is 0. The molecule has 0 N–H and O–H groups in total. The Labute approximate surface area is 130 Å². The van der Waals surface area contributed by atoms with Gasteiger partial charge in [0.15, 0.2) is 0 Å². The lowest BCUT2D eigenvalue weighted by Crippen LogP contribution is -2.25. The summed E-state index contributed by atoms with van der Waals surface area (Å²) in [5.74, 6) is 1.63. The van der Waals surface area contributed by atoms with Gasteiger partial charge in [-0.15, -0.1) is 11.6 Å². The molecular formula is C16H24BrClO. The summed E-state index contributed by atoms with van der Waals surface area (Å²) >= 11 is 9.93. The second-order valence-corrected chi connectivity index (χ2v) is 6.35. The van der Waals surface area contributed by atoms with Crippen LogP contribution in [0.1, 0.15) is 45.1 Å². The van der Waals surface area contributed by atoms with E-state index in [4.69, 9.17) is 16.3 Å². The lowest BCUT2D eigenvalue weighted by Gasteiger charge is -2.31. The fourth-order valence-electron chi connectivity index (χ4n) is 2.37. The summed E-state index contributed by atoms with van der Waals surface area (Å²) in [6.07, 6.45) is 5.76. The van der Waals surface area contributed by atoms with Crippen LogP contribution >= 0.6 is 27.5 Å². The Bertz CT molecular complexity index is 388. The Balaban J connectivity index is 2.95. The molecule has 0 amide bonds. The Hall–Kier alpha value is -0.210. The lowest BCUT2D eigenvalue weighted by atomic mass is 9.77. The summed E-state index contributed by atoms with van der Waals surface area (Å²) in [7, 11) is 1.71. The summed E-state index contributed by atoms with van der Waals surface area (Å²) in [6.45, 7) is 4.47. The van der Waals surface area contributed by atoms with Crippen molar-refractivity contribution in [1.29, 1.82) is 0 Å². The van der Waals surface area contributed by atoms with E-state index in [1.54, 1.807) is 7.11 Å². The molecule has 19 heavy (non-hydrogen) atoms. The van der Waals surface area contributed by atoms with Crippen molar-refractivity contribution in [2.24, 2.45) is 5.41 Å². The Morgan fingerprint density at radius 3 is 2.58 bits per heavy atom. The summed E-state index contributed by atoms with van der Waals surface area (Å²) in [5.41, 5.74) is 1.49. The number of rotatable bonds is 8. The van der Waals surface area contributed by atoms with Crippen LogP contribution in [0.2, 0.25) is 0 Å². The van der Waals surface area contributed by atoms with Gasteiger partial charge in [0.2, 0.25) is 0 Å². The molecule has 0 radical (unpaired) electrons. The van der Waals surface area contributed by atoms with Crippen LogP contribution in [0.25, 0.3) is 0 Å². The summed E-state index contributed by atoms with van der Waals surface area (Å²) in [6, 6.07) is 6.16. The predicted octanol–water partition coefficient (Wildman–Crippen LogP) is 5.83. The van der Waals surface area contributed by atoms with Gasteiger partial charge >= 0.3 is 0 Å². The van der Waals surface area contributed by atoms with Crippen molar-refractivity contribution in [1.82, 2.24) is 0 Å². The first-order chi connectivity index (χ1) is 9.10. The van der Waals surface area contributed by atoms with Crippen molar-refractivity contribution in [3.05, 3.63) is 28.2 Å². The molecule has 1 aromatic carbocycles. The number of unbranched alkanes of at least 4 members (excludes halogenated alkanes) is 1. The zero-order chi connectivity index (χ0) is 14.3. The zero-order valence-electron chi connectivity index (χ0n) is 12.1. The smallest absolute Gasteiger partial charge is 0.119 e. The van der Waals surface area contributed by atoms with Crippen molar-refractivity contribution in [2.45, 2.75) is 46.0 Å². The van der Waals surface area contributed by atoms with Gasteiger partial charge in [-0.3, -0.25) is 0 Å². The monoisotopic (exact) mass is 346 g/mol. The van der Waals surface area contributed by atoms with Crippen LogP contribution in [0.15, 0.2) is 22.7 Å². The highest BCUT2D eigenvalue weighted by atomic mass is 79.9. The standard InChI is InChI=1S/C16H24BrClO/c1-4-6-9-16(5-2,12-18)11-13-10-14(19-3)7-8-15(13)17/h7-8,10H,4-6,9,11-12H2,1-3H3. The fraction of sp³-hybridized carbons (Fsp3) is 0.625. The maximum absolute atomic E-state index is 6.29. The normalized spacial score (nSPS) is 14.2. The van der Waals surface area contributed by atoms with Crippen LogP contribution in [0.5, 0.6) is 5.75 Å². The van der Waals surface area contributed by atoms with E-state index in [1.807, 2.05) is 6.07 Å². The summed E-state index contributed by atoms with van der Waals surface area (Å²) < 4.78 is 6.47. The molecule has 0 aliphatic rings. The number of hydrogen-bond acceptors (Lipinski definition) is 1. The molecule has 0 aromatic heterocycles. The van der Waals surface area contributed by atoms with E-state index in [9.17, 15) is 0 Å². The van der Waals surface area contributed by atoms with Crippen molar-refractivity contribution in [2.75, 3.05) is 13.0 Å². The van der Waals surface area contributed by atoms with Crippen molar-refractivity contribution < 1.29 is 4.74 Å². The van der Waals surface area contributed by atoms with Gasteiger partial charge in [0, 0.05) is 10.4 Å². The number of alkyl halides is 1. The Kier molecular flexibility index (Phi) is 7.23. The molecular weight excluding hydrogens is 324 g/mol. The fourth-order valence-corrected chi connectivity index (χ4v) is 3.17. The predicted molar refractivity (Wildman–Crippen MR) is 87.4 cm³/mol. The van der Waals surface area contributed by atoms with E-state index in [0.29, 0.717) is 5.88 Å². The number of halogens is 2. The molecule has 0 aliphatic carbocycles. The number of methoxy groups -OCH3 is 1. The van der Waals surface area contributed by atoms with Gasteiger partial charge in [-0.05, 0) is 48.4 Å². The SMILES string of the molecule is CCCCC(CC)(CCl)Cc1cc(OC)ccc1Br. The molecule has 0 fully saturated rings. The molecule has 108 valence electrons. The molecule has 0 bridgehead atoms. The molecule has 1 unspecified atom stereocenters. The van der Waals surface area contributed by atoms with E-state index in [0.717, 1.165) is 23.1 Å². The molecule has 0 saturated heterocycles. The minimum absolute atomic E-state index is 0.201. The minimum atomic E-state index is 0.201. The highest BCUT2D eigenvalue weighted by Crippen LogP contribution is 2.37. The van der Waals surface area contributed by atoms with Gasteiger partial charge in [0.25, 0.3) is 0 Å². The summed E-state index contributed by atoms with van der Waals surface area (Å²) in [5, 5.41) is 0. The van der Waals surface area contributed by atoms with Crippen LogP contribution in [-0.4, -0.2) is 13.0 Å². The van der Waals surface area contributed by atoms with Crippen molar-refractivity contribution in [3.8, 4) is 5.75 Å². The minimum Gasteiger partial charge on any atom is -0.497 e. The first-order valence-corrected chi connectivity index (χ1v) is 8.32. The number of ether oxygens (including phenoxy) is 1. The molecule has 1 rings (SSSR count). The third kappa shape index (κ3) is 4.68. The van der Waals surface area contributed by atoms with Crippen LogP contribution in [0.4, 0.5) is 0 Å². The van der Waals surface area contributed by atoms with Crippen LogP contribution in [0.3, 0.4) is 0 Å². The van der Waals surface area contributed by atoms with Crippen LogP contribution in [-0.2, 0) is 6.42 Å². The molecule has 0 heterocycles. The lowest BCUT2D eigenvalue weighted by molar-refractivity contribution is 0.278. The molecule has 1 aromatic rings. The van der Waals surface area contributed by atoms with E-state index < -0.39 is 0 Å². The second-order valence-electron chi connectivity index (χ2n) is 5.22. The Morgan fingerprint density at radius 2 is 2.05 bits per heavy atom. The van der Waals surface area contributed by atoms with Gasteiger partial charge in [0.1, 0.15) is 5.75 Å². The van der Waals surface area contributed by atoms with E-state index in [-0.39, 0.29) is 5.41 Å². The highest BCUT2D eigenvalue weighted by Gasteiger charge is 2.27. The third-order valence-corrected chi connectivity index (χ3v) is 5.25. The van der Waals surface area contributed by atoms with Crippen LogP contribution < -0.4 is 4.74 Å². The van der Waals surface area contributed by atoms with Gasteiger partial charge in [-0.1, -0.05) is 42.6 Å². The maximum atomic E-state index is 6.29. The van der Waals surface area contributed by atoms with Gasteiger partial charge in [0.05, 0.1) is 7.11 Å². The molecule has 1 atom stereocenters. The first kappa shape index (κ1) is 16.8. The molecule has 1 nitrogen and oxygen atoms in total. The second kappa shape index (κ2) is 8.16. The maximum Gasteiger partial charge on any atom is 0.119 e. The highest BCUT2D eigenvalue weighted by molar-refractivity contribution is 9.10. The largest absolute Gasteiger partial charge is 0.497 e. The molecule has 0 aliphatic heterocycles. The molecule has 3 heteroatoms. The van der Waals surface area contributed by atoms with Gasteiger partial charge in [-0.25, -0.2) is 0 Å². The number of benzene rings is 1. The molecule has 0 saturated carbocycles. The first-order valence-electron chi connectivity index (χ1n) is 6.99. The van der Waals surface area contributed by atoms with E-state index >= 15 is 0 Å². The Morgan fingerprint density at radius 1 is 1.32 bits per heavy atom.